The van der Waals surface area contributed by atoms with Gasteiger partial charge in [0.25, 0.3) is 0 Å². The first-order chi connectivity index (χ1) is 22.8. The van der Waals surface area contributed by atoms with Crippen LogP contribution in [0.4, 0.5) is 0 Å². The van der Waals surface area contributed by atoms with Crippen molar-refractivity contribution in [2.75, 3.05) is 0 Å². The van der Waals surface area contributed by atoms with Crippen molar-refractivity contribution in [2.45, 2.75) is 95.7 Å². The normalized spacial score (nSPS) is 14.1. The number of carboxylic acid groups (broad SMARTS) is 4. The summed E-state index contributed by atoms with van der Waals surface area (Å²) >= 11 is 0. The first-order valence-corrected chi connectivity index (χ1v) is 15.6. The molecule has 0 saturated heterocycles. The highest BCUT2D eigenvalue weighted by atomic mass is 16.4. The van der Waals surface area contributed by atoms with Gasteiger partial charge in [-0.15, -0.1) is 0 Å². The van der Waals surface area contributed by atoms with E-state index >= 15 is 0 Å². The van der Waals surface area contributed by atoms with E-state index in [2.05, 4.69) is 13.0 Å². The van der Waals surface area contributed by atoms with E-state index in [-0.39, 0.29) is 0 Å². The van der Waals surface area contributed by atoms with Gasteiger partial charge in [0, 0.05) is 0 Å². The summed E-state index contributed by atoms with van der Waals surface area (Å²) in [7, 11) is 0. The lowest BCUT2D eigenvalue weighted by Crippen LogP contribution is -2.55. The minimum atomic E-state index is -1.96. The third-order valence-corrected chi connectivity index (χ3v) is 6.51. The largest absolute Gasteiger partial charge is 0.481 e. The quantitative estimate of drug-likeness (QED) is 0.0230. The molecule has 0 aromatic rings. The summed E-state index contributed by atoms with van der Waals surface area (Å²) in [4.78, 5) is 83.2. The lowest BCUT2D eigenvalue weighted by atomic mass is 10.00. The fourth-order valence-electron chi connectivity index (χ4n) is 4.04. The van der Waals surface area contributed by atoms with Crippen LogP contribution in [0.5, 0.6) is 0 Å². The molecule has 0 bridgehead atoms. The number of amides is 2. The molecule has 0 rings (SSSR count). The molecule has 0 aromatic heterocycles. The molecule has 0 unspecified atom stereocenters. The first kappa shape index (κ1) is 42.9. The molecule has 0 radical (unpaired) electrons. The highest BCUT2D eigenvalue weighted by Gasteiger charge is 2.33. The van der Waals surface area contributed by atoms with E-state index in [4.69, 9.17) is 15.9 Å². The second-order valence-electron chi connectivity index (χ2n) is 10.6. The van der Waals surface area contributed by atoms with Gasteiger partial charge in [0.1, 0.15) is 17.7 Å². The molecule has 14 heteroatoms. The summed E-state index contributed by atoms with van der Waals surface area (Å²) in [6, 6.07) is -5.50. The predicted molar refractivity (Wildman–Crippen MR) is 178 cm³/mol. The van der Waals surface area contributed by atoms with E-state index in [0.29, 0.717) is 0 Å². The van der Waals surface area contributed by atoms with Gasteiger partial charge in [-0.05, 0) is 18.9 Å². The van der Waals surface area contributed by atoms with E-state index in [1.165, 1.54) is 57.1 Å². The molecule has 3 atom stereocenters. The van der Waals surface area contributed by atoms with E-state index in [0.717, 1.165) is 12.5 Å². The number of ketones is 1. The van der Waals surface area contributed by atoms with Crippen LogP contribution >= 0.6 is 0 Å². The van der Waals surface area contributed by atoms with Crippen LogP contribution in [0.25, 0.3) is 0 Å². The molecule has 0 spiro atoms. The van der Waals surface area contributed by atoms with Crippen molar-refractivity contribution in [3.8, 4) is 0 Å². The van der Waals surface area contributed by atoms with Crippen LogP contribution in [-0.2, 0) is 33.6 Å². The summed E-state index contributed by atoms with van der Waals surface area (Å²) in [6.07, 6.45) is 24.9. The highest BCUT2D eigenvalue weighted by Crippen LogP contribution is 2.09. The number of unbranched alkanes of at least 4 members (excludes halogenated alkanes) is 7. The monoisotopic (exact) mass is 673 g/mol. The predicted octanol–water partition coefficient (Wildman–Crippen LogP) is 3.21. The van der Waals surface area contributed by atoms with E-state index < -0.39 is 84.4 Å². The summed E-state index contributed by atoms with van der Waals surface area (Å²) in [5.41, 5.74) is 4.55. The number of Topliss-reactive ketones (excluding diaryl/α,β-unsaturated/α-hetero) is 1. The number of hydrogen-bond donors (Lipinski definition) is 7. The zero-order valence-corrected chi connectivity index (χ0v) is 27.1. The molecular formula is C34H47N3O11. The SMILES string of the molecule is CCCCCCCCC/C=C/C=C/C=C/C=C/C=C/C=C(/C(=O)O)C(=O)[C@H](CC(=O)O)NC(=O)[C@H](CC(=O)O)NC(=O)[C@@H](N)CC(=O)O. The van der Waals surface area contributed by atoms with E-state index in [1.807, 2.05) is 28.9 Å². The molecule has 14 nitrogen and oxygen atoms in total. The maximum absolute atomic E-state index is 13.0. The zero-order chi connectivity index (χ0) is 36.3. The maximum Gasteiger partial charge on any atom is 0.339 e. The van der Waals surface area contributed by atoms with Gasteiger partial charge >= 0.3 is 23.9 Å². The Kier molecular flexibility index (Phi) is 23.2. The zero-order valence-electron chi connectivity index (χ0n) is 27.1. The van der Waals surface area contributed by atoms with Crippen LogP contribution in [-0.4, -0.2) is 80.0 Å². The third-order valence-electron chi connectivity index (χ3n) is 6.51. The minimum Gasteiger partial charge on any atom is -0.481 e. The summed E-state index contributed by atoms with van der Waals surface area (Å²) in [5, 5.41) is 40.6. The fraction of sp³-hybridized carbons (Fsp3) is 0.441. The third kappa shape index (κ3) is 21.6. The van der Waals surface area contributed by atoms with Crippen LogP contribution in [0.1, 0.15) is 77.6 Å². The number of allylic oxidation sites excluding steroid dienone is 11. The van der Waals surface area contributed by atoms with Gasteiger partial charge < -0.3 is 36.8 Å². The number of hydrogen-bond acceptors (Lipinski definition) is 8. The maximum atomic E-state index is 13.0. The molecule has 0 aromatic carbocycles. The Morgan fingerprint density at radius 3 is 1.56 bits per heavy atom. The number of aliphatic carboxylic acids is 4. The van der Waals surface area contributed by atoms with Crippen molar-refractivity contribution in [1.82, 2.24) is 10.6 Å². The Morgan fingerprint density at radius 2 is 1.04 bits per heavy atom. The number of nitrogens with two attached hydrogens (primary N) is 1. The summed E-state index contributed by atoms with van der Waals surface area (Å²) in [6.45, 7) is 2.20. The van der Waals surface area contributed by atoms with Crippen molar-refractivity contribution in [1.29, 1.82) is 0 Å². The van der Waals surface area contributed by atoms with Gasteiger partial charge in [-0.3, -0.25) is 28.8 Å². The Bertz CT molecular complexity index is 1280. The van der Waals surface area contributed by atoms with Gasteiger partial charge in [-0.25, -0.2) is 4.79 Å². The summed E-state index contributed by atoms with van der Waals surface area (Å²) in [5.74, 6) is -10.2. The Hall–Kier alpha value is -5.11. The number of carboxylic acids is 4. The van der Waals surface area contributed by atoms with E-state index in [9.17, 15) is 43.8 Å². The van der Waals surface area contributed by atoms with Crippen LogP contribution in [0, 0.1) is 0 Å². The molecule has 48 heavy (non-hydrogen) atoms. The number of carbonyl (C=O) groups is 7. The fourth-order valence-corrected chi connectivity index (χ4v) is 4.04. The molecule has 8 N–H and O–H groups in total. The van der Waals surface area contributed by atoms with Crippen LogP contribution in [0.2, 0.25) is 0 Å². The summed E-state index contributed by atoms with van der Waals surface area (Å²) < 4.78 is 0. The lowest BCUT2D eigenvalue weighted by molar-refractivity contribution is -0.143. The van der Waals surface area contributed by atoms with Gasteiger partial charge in [0.15, 0.2) is 5.78 Å². The van der Waals surface area contributed by atoms with Crippen molar-refractivity contribution in [2.24, 2.45) is 5.73 Å². The highest BCUT2D eigenvalue weighted by molar-refractivity contribution is 6.20. The Morgan fingerprint density at radius 1 is 0.583 bits per heavy atom. The van der Waals surface area contributed by atoms with Crippen LogP contribution in [0.15, 0.2) is 72.4 Å². The van der Waals surface area contributed by atoms with Crippen LogP contribution in [0.3, 0.4) is 0 Å². The van der Waals surface area contributed by atoms with E-state index in [1.54, 1.807) is 24.3 Å². The topological polar surface area (TPSA) is 250 Å². The van der Waals surface area contributed by atoms with Gasteiger partial charge in [-0.2, -0.15) is 0 Å². The van der Waals surface area contributed by atoms with Crippen molar-refractivity contribution < 1.29 is 54.0 Å². The first-order valence-electron chi connectivity index (χ1n) is 15.6. The Labute approximate surface area is 279 Å². The van der Waals surface area contributed by atoms with Crippen molar-refractivity contribution in [3.63, 3.8) is 0 Å². The van der Waals surface area contributed by atoms with Crippen molar-refractivity contribution in [3.05, 3.63) is 72.4 Å². The number of carbonyl (C=O) groups excluding carboxylic acids is 3. The van der Waals surface area contributed by atoms with Gasteiger partial charge in [0.05, 0.1) is 25.3 Å². The average Bonchev–Trinajstić information content (AvgIpc) is 3.00. The second kappa shape index (κ2) is 26.0. The average molecular weight is 674 g/mol. The van der Waals surface area contributed by atoms with Crippen LogP contribution < -0.4 is 16.4 Å². The molecule has 0 aliphatic heterocycles. The smallest absolute Gasteiger partial charge is 0.339 e. The standard InChI is InChI=1S/C34H47N3O11/c1-2-3-4-5-6-7-8-9-10-11-12-13-14-15-16-17-18-19-20-24(34(47)48)31(44)26(22-29(40)41)36-33(46)27(23-30(42)43)37-32(45)25(35)21-28(38)39/h10-20,25-27H,2-9,21-23,35H2,1H3,(H,36,46)(H,37,45)(H,38,39)(H,40,41)(H,42,43)(H,47,48)/b11-10+,13-12+,15-14+,17-16+,19-18+,24-20+/t25-,26-,27-/m0/s1. The lowest BCUT2D eigenvalue weighted by Gasteiger charge is -2.22. The number of nitrogens with one attached hydrogen (secondary N) is 2. The molecule has 2 amide bonds. The molecule has 0 aliphatic carbocycles. The number of rotatable bonds is 26. The molecule has 0 heterocycles. The molecule has 0 saturated carbocycles. The minimum absolute atomic E-state index is 0.840. The van der Waals surface area contributed by atoms with Gasteiger partial charge in [0.2, 0.25) is 11.8 Å². The molecule has 0 aliphatic rings. The van der Waals surface area contributed by atoms with Crippen molar-refractivity contribution >= 4 is 41.5 Å². The molecule has 0 fully saturated rings. The Balaban J connectivity index is 5.32. The molecule has 264 valence electrons. The van der Waals surface area contributed by atoms with Gasteiger partial charge in [-0.1, -0.05) is 106 Å². The molecular weight excluding hydrogens is 626 g/mol. The second-order valence-corrected chi connectivity index (χ2v) is 10.6.